The lowest BCUT2D eigenvalue weighted by atomic mass is 10.2. The van der Waals surface area contributed by atoms with Crippen molar-refractivity contribution in [1.82, 2.24) is 4.90 Å². The van der Waals surface area contributed by atoms with Crippen LogP contribution in [0.3, 0.4) is 0 Å². The topological polar surface area (TPSA) is 118 Å². The lowest BCUT2D eigenvalue weighted by molar-refractivity contribution is 0.0747. The molecule has 0 aliphatic carbocycles. The highest BCUT2D eigenvalue weighted by atomic mass is 32.2. The molecule has 3 rings (SSSR count). The predicted molar refractivity (Wildman–Crippen MR) is 103 cm³/mol. The first-order chi connectivity index (χ1) is 12.6. The van der Waals surface area contributed by atoms with E-state index in [1.165, 1.54) is 23.5 Å². The Kier molecular flexibility index (Phi) is 5.30. The third-order valence-electron chi connectivity index (χ3n) is 4.33. The summed E-state index contributed by atoms with van der Waals surface area (Å²) in [4.78, 5) is 15.6. The molecular formula is C16H19N3O5S3. The van der Waals surface area contributed by atoms with Crippen molar-refractivity contribution in [2.45, 2.75) is 9.79 Å². The number of thiophene rings is 1. The van der Waals surface area contributed by atoms with Crippen LogP contribution in [0.4, 0.5) is 5.69 Å². The lowest BCUT2D eigenvalue weighted by Crippen LogP contribution is -2.49. The second-order valence-electron chi connectivity index (χ2n) is 6.24. The smallest absolute Gasteiger partial charge is 0.254 e. The van der Waals surface area contributed by atoms with E-state index in [2.05, 4.69) is 0 Å². The van der Waals surface area contributed by atoms with Gasteiger partial charge in [0.2, 0.25) is 10.0 Å². The number of piperazine rings is 1. The number of hydrogen-bond acceptors (Lipinski definition) is 7. The second kappa shape index (κ2) is 7.23. The van der Waals surface area contributed by atoms with Crippen LogP contribution in [0.15, 0.2) is 44.8 Å². The Hall–Kier alpha value is -1.95. The molecule has 2 aromatic rings. The number of nitrogens with zero attached hydrogens (tertiary/aromatic N) is 2. The number of sulfonamides is 1. The second-order valence-corrected chi connectivity index (χ2v) is 10.6. The van der Waals surface area contributed by atoms with Crippen molar-refractivity contribution >= 4 is 42.8 Å². The number of hydrogen-bond donors (Lipinski definition) is 1. The number of nitrogens with two attached hydrogens (primary N) is 1. The van der Waals surface area contributed by atoms with E-state index in [4.69, 9.17) is 5.14 Å². The zero-order chi connectivity index (χ0) is 19.8. The molecule has 1 amide bonds. The fraction of sp³-hybridized carbons (Fsp3) is 0.312. The van der Waals surface area contributed by atoms with Crippen LogP contribution in [0.25, 0.3) is 0 Å². The maximum atomic E-state index is 12.4. The first-order valence-electron chi connectivity index (χ1n) is 8.01. The van der Waals surface area contributed by atoms with Crippen molar-refractivity contribution in [3.63, 3.8) is 0 Å². The Morgan fingerprint density at radius 2 is 1.74 bits per heavy atom. The number of primary sulfonamides is 1. The predicted octanol–water partition coefficient (Wildman–Crippen LogP) is 0.761. The molecule has 1 aliphatic rings. The molecule has 1 fully saturated rings. The van der Waals surface area contributed by atoms with E-state index in [0.717, 1.165) is 12.3 Å². The highest BCUT2D eigenvalue weighted by molar-refractivity contribution is 7.91. The molecule has 0 bridgehead atoms. The number of benzene rings is 1. The minimum absolute atomic E-state index is 0.0520. The Morgan fingerprint density at radius 3 is 2.26 bits per heavy atom. The van der Waals surface area contributed by atoms with Crippen molar-refractivity contribution in [3.8, 4) is 0 Å². The minimum Gasteiger partial charge on any atom is -0.367 e. The number of amides is 1. The average Bonchev–Trinajstić information content (AvgIpc) is 3.14. The van der Waals surface area contributed by atoms with Gasteiger partial charge in [-0.3, -0.25) is 4.79 Å². The van der Waals surface area contributed by atoms with E-state index >= 15 is 0 Å². The fourth-order valence-electron chi connectivity index (χ4n) is 2.95. The molecule has 0 radical (unpaired) electrons. The van der Waals surface area contributed by atoms with Crippen LogP contribution in [0, 0.1) is 0 Å². The minimum atomic E-state index is -4.01. The Balaban J connectivity index is 1.85. The van der Waals surface area contributed by atoms with Gasteiger partial charge >= 0.3 is 0 Å². The molecule has 146 valence electrons. The standard InChI is InChI=1S/C16H19N3O5S3/c1-26(21,22)15-10-13(27(17,23)24)2-3-14(15)18-5-7-19(8-6-18)16(20)12-4-9-25-11-12/h2-4,9-11H,5-8H2,1H3,(H2,17,23,24). The first-order valence-corrected chi connectivity index (χ1v) is 12.4. The Labute approximate surface area is 162 Å². The number of anilines is 1. The summed E-state index contributed by atoms with van der Waals surface area (Å²) in [7, 11) is -7.68. The molecule has 2 N–H and O–H groups in total. The van der Waals surface area contributed by atoms with Gasteiger partial charge in [0.05, 0.1) is 21.0 Å². The van der Waals surface area contributed by atoms with Gasteiger partial charge in [-0.25, -0.2) is 22.0 Å². The van der Waals surface area contributed by atoms with Crippen LogP contribution in [0.2, 0.25) is 0 Å². The summed E-state index contributed by atoms with van der Waals surface area (Å²) in [5.74, 6) is -0.0520. The number of sulfone groups is 1. The van der Waals surface area contributed by atoms with Crippen LogP contribution in [0.5, 0.6) is 0 Å². The third kappa shape index (κ3) is 4.32. The molecule has 11 heteroatoms. The van der Waals surface area contributed by atoms with Gasteiger partial charge in [-0.15, -0.1) is 0 Å². The van der Waals surface area contributed by atoms with Crippen LogP contribution < -0.4 is 10.0 Å². The largest absolute Gasteiger partial charge is 0.367 e. The average molecular weight is 430 g/mol. The summed E-state index contributed by atoms with van der Waals surface area (Å²) in [6.45, 7) is 1.75. The maximum absolute atomic E-state index is 12.4. The van der Waals surface area contributed by atoms with Crippen LogP contribution in [-0.4, -0.2) is 60.1 Å². The summed E-state index contributed by atoms with van der Waals surface area (Å²) in [6.07, 6.45) is 1.02. The van der Waals surface area contributed by atoms with Crippen molar-refractivity contribution in [2.75, 3.05) is 37.3 Å². The highest BCUT2D eigenvalue weighted by Crippen LogP contribution is 2.29. The molecule has 0 saturated carbocycles. The van der Waals surface area contributed by atoms with E-state index in [9.17, 15) is 21.6 Å². The highest BCUT2D eigenvalue weighted by Gasteiger charge is 2.26. The Morgan fingerprint density at radius 1 is 1.07 bits per heavy atom. The quantitative estimate of drug-likeness (QED) is 0.767. The summed E-state index contributed by atoms with van der Waals surface area (Å²) >= 11 is 1.45. The van der Waals surface area contributed by atoms with Gasteiger partial charge in [-0.05, 0) is 29.6 Å². The van der Waals surface area contributed by atoms with Crippen LogP contribution >= 0.6 is 11.3 Å². The van der Waals surface area contributed by atoms with E-state index in [-0.39, 0.29) is 15.7 Å². The molecule has 8 nitrogen and oxygen atoms in total. The third-order valence-corrected chi connectivity index (χ3v) is 7.06. The maximum Gasteiger partial charge on any atom is 0.254 e. The van der Waals surface area contributed by atoms with Crippen LogP contribution in [-0.2, 0) is 19.9 Å². The summed E-state index contributed by atoms with van der Waals surface area (Å²) in [5.41, 5.74) is 1.05. The van der Waals surface area contributed by atoms with Crippen molar-refractivity contribution in [1.29, 1.82) is 0 Å². The number of rotatable bonds is 4. The van der Waals surface area contributed by atoms with Gasteiger partial charge in [0.1, 0.15) is 0 Å². The molecule has 1 aliphatic heterocycles. The molecule has 27 heavy (non-hydrogen) atoms. The van der Waals surface area contributed by atoms with E-state index in [1.54, 1.807) is 16.3 Å². The number of carbonyl (C=O) groups is 1. The SMILES string of the molecule is CS(=O)(=O)c1cc(S(N)(=O)=O)ccc1N1CCN(C(=O)c2ccsc2)CC1. The van der Waals surface area contributed by atoms with E-state index in [1.807, 2.05) is 10.3 Å². The van der Waals surface area contributed by atoms with E-state index < -0.39 is 19.9 Å². The molecule has 1 aromatic heterocycles. The molecule has 0 atom stereocenters. The first kappa shape index (κ1) is 19.8. The van der Waals surface area contributed by atoms with Gasteiger partial charge in [0.15, 0.2) is 9.84 Å². The monoisotopic (exact) mass is 429 g/mol. The summed E-state index contributed by atoms with van der Waals surface area (Å²) in [6, 6.07) is 5.60. The molecule has 0 unspecified atom stereocenters. The van der Waals surface area contributed by atoms with Crippen molar-refractivity contribution < 1.29 is 21.6 Å². The molecule has 2 heterocycles. The normalized spacial score (nSPS) is 15.8. The Bertz CT molecular complexity index is 1050. The molecule has 1 saturated heterocycles. The lowest BCUT2D eigenvalue weighted by Gasteiger charge is -2.36. The van der Waals surface area contributed by atoms with Gasteiger partial charge in [-0.2, -0.15) is 11.3 Å². The van der Waals surface area contributed by atoms with Crippen LogP contribution in [0.1, 0.15) is 10.4 Å². The van der Waals surface area contributed by atoms with Crippen molar-refractivity contribution in [2.24, 2.45) is 5.14 Å². The zero-order valence-corrected chi connectivity index (χ0v) is 17.0. The van der Waals surface area contributed by atoms with Gasteiger partial charge in [-0.1, -0.05) is 0 Å². The van der Waals surface area contributed by atoms with Gasteiger partial charge in [0, 0.05) is 37.8 Å². The molecular weight excluding hydrogens is 410 g/mol. The molecule has 1 aromatic carbocycles. The number of carbonyl (C=O) groups excluding carboxylic acids is 1. The molecule has 0 spiro atoms. The van der Waals surface area contributed by atoms with E-state index in [0.29, 0.717) is 37.4 Å². The van der Waals surface area contributed by atoms with Gasteiger partial charge < -0.3 is 9.80 Å². The summed E-state index contributed by atoms with van der Waals surface area (Å²) < 4.78 is 47.5. The fourth-order valence-corrected chi connectivity index (χ4v) is 5.11. The zero-order valence-electron chi connectivity index (χ0n) is 14.5. The van der Waals surface area contributed by atoms with Gasteiger partial charge in [0.25, 0.3) is 5.91 Å². The van der Waals surface area contributed by atoms with Crippen molar-refractivity contribution in [3.05, 3.63) is 40.6 Å². The summed E-state index contributed by atoms with van der Waals surface area (Å²) in [5, 5.41) is 8.75.